The number of rotatable bonds is 2. The van der Waals surface area contributed by atoms with Crippen molar-refractivity contribution in [3.63, 3.8) is 0 Å². The molecule has 0 amide bonds. The van der Waals surface area contributed by atoms with Crippen LogP contribution in [0.4, 0.5) is 0 Å². The van der Waals surface area contributed by atoms with Gasteiger partial charge in [-0.1, -0.05) is 30.2 Å². The maximum absolute atomic E-state index is 6.19. The van der Waals surface area contributed by atoms with E-state index >= 15 is 0 Å². The lowest BCUT2D eigenvalue weighted by Gasteiger charge is -2.24. The summed E-state index contributed by atoms with van der Waals surface area (Å²) in [5, 5.41) is 9.31. The average Bonchev–Trinajstić information content (AvgIpc) is 2.60. The highest BCUT2D eigenvalue weighted by molar-refractivity contribution is 6.33. The van der Waals surface area contributed by atoms with E-state index in [2.05, 4.69) is 14.8 Å². The molecular weight excluding hydrogens is 234 g/mol. The average molecular weight is 248 g/mol. The highest BCUT2D eigenvalue weighted by Gasteiger charge is 2.25. The Hall–Kier alpha value is -1.35. The van der Waals surface area contributed by atoms with Gasteiger partial charge in [-0.2, -0.15) is 0 Å². The van der Waals surface area contributed by atoms with Crippen molar-refractivity contribution in [2.45, 2.75) is 25.2 Å². The van der Waals surface area contributed by atoms with E-state index in [-0.39, 0.29) is 0 Å². The third-order valence-electron chi connectivity index (χ3n) is 3.49. The number of hydrogen-bond donors (Lipinski definition) is 0. The minimum Gasteiger partial charge on any atom is -0.314 e. The molecule has 1 saturated carbocycles. The fraction of sp³-hybridized carbons (Fsp3) is 0.385. The van der Waals surface area contributed by atoms with Gasteiger partial charge in [-0.25, -0.2) is 0 Å². The largest absolute Gasteiger partial charge is 0.314 e. The van der Waals surface area contributed by atoms with Gasteiger partial charge < -0.3 is 4.57 Å². The third-order valence-corrected chi connectivity index (χ3v) is 3.82. The maximum Gasteiger partial charge on any atom is 0.165 e. The lowest BCUT2D eigenvalue weighted by atomic mass is 9.85. The van der Waals surface area contributed by atoms with Crippen LogP contribution in [0.5, 0.6) is 0 Å². The molecule has 2 aromatic rings. The van der Waals surface area contributed by atoms with Gasteiger partial charge in [0.25, 0.3) is 0 Å². The van der Waals surface area contributed by atoms with E-state index in [0.717, 1.165) is 22.2 Å². The Bertz CT molecular complexity index is 543. The van der Waals surface area contributed by atoms with Crippen molar-refractivity contribution in [2.24, 2.45) is 7.05 Å². The molecule has 17 heavy (non-hydrogen) atoms. The standard InChI is InChI=1S/C13H14ClN3/c1-17-12(9-5-4-6-9)15-16-13(17)10-7-2-3-8-11(10)14/h2-3,7-9H,4-6H2,1H3. The van der Waals surface area contributed by atoms with E-state index in [4.69, 9.17) is 11.6 Å². The smallest absolute Gasteiger partial charge is 0.165 e. The molecule has 0 atom stereocenters. The van der Waals surface area contributed by atoms with E-state index in [1.165, 1.54) is 19.3 Å². The van der Waals surface area contributed by atoms with Crippen molar-refractivity contribution in [2.75, 3.05) is 0 Å². The predicted octanol–water partition coefficient (Wildman–Crippen LogP) is 3.40. The Balaban J connectivity index is 2.04. The Kier molecular flexibility index (Phi) is 2.63. The molecule has 1 aliphatic rings. The van der Waals surface area contributed by atoms with Crippen LogP contribution in [0.15, 0.2) is 24.3 Å². The van der Waals surface area contributed by atoms with Crippen LogP contribution >= 0.6 is 11.6 Å². The maximum atomic E-state index is 6.19. The monoisotopic (exact) mass is 247 g/mol. The molecule has 4 heteroatoms. The Labute approximate surface area is 105 Å². The van der Waals surface area contributed by atoms with Gasteiger partial charge in [0.1, 0.15) is 5.82 Å². The zero-order valence-electron chi connectivity index (χ0n) is 9.73. The quantitative estimate of drug-likeness (QED) is 0.814. The molecule has 1 fully saturated rings. The highest BCUT2D eigenvalue weighted by Crippen LogP contribution is 2.36. The van der Waals surface area contributed by atoms with Crippen LogP contribution in [0.25, 0.3) is 11.4 Å². The van der Waals surface area contributed by atoms with Crippen LogP contribution in [-0.4, -0.2) is 14.8 Å². The van der Waals surface area contributed by atoms with Crippen molar-refractivity contribution >= 4 is 11.6 Å². The number of benzene rings is 1. The molecule has 1 heterocycles. The molecule has 3 rings (SSSR count). The molecule has 0 unspecified atom stereocenters. The normalized spacial score (nSPS) is 15.9. The molecule has 0 bridgehead atoms. The molecule has 0 aliphatic heterocycles. The molecule has 0 radical (unpaired) electrons. The minimum atomic E-state index is 0.587. The summed E-state index contributed by atoms with van der Waals surface area (Å²) in [4.78, 5) is 0. The van der Waals surface area contributed by atoms with Gasteiger partial charge >= 0.3 is 0 Å². The van der Waals surface area contributed by atoms with E-state index in [1.54, 1.807) is 0 Å². The van der Waals surface area contributed by atoms with E-state index in [9.17, 15) is 0 Å². The Morgan fingerprint density at radius 1 is 1.24 bits per heavy atom. The van der Waals surface area contributed by atoms with Gasteiger partial charge in [-0.15, -0.1) is 10.2 Å². The van der Waals surface area contributed by atoms with Crippen LogP contribution < -0.4 is 0 Å². The third kappa shape index (κ3) is 1.75. The first-order valence-electron chi connectivity index (χ1n) is 5.91. The van der Waals surface area contributed by atoms with Crippen molar-refractivity contribution in [1.82, 2.24) is 14.8 Å². The van der Waals surface area contributed by atoms with Crippen LogP contribution in [0.1, 0.15) is 31.0 Å². The van der Waals surface area contributed by atoms with Gasteiger partial charge in [0.15, 0.2) is 5.82 Å². The zero-order valence-corrected chi connectivity index (χ0v) is 10.5. The van der Waals surface area contributed by atoms with E-state index in [0.29, 0.717) is 5.92 Å². The predicted molar refractivity (Wildman–Crippen MR) is 68.0 cm³/mol. The Morgan fingerprint density at radius 2 is 2.00 bits per heavy atom. The summed E-state index contributed by atoms with van der Waals surface area (Å²) in [6, 6.07) is 7.76. The molecule has 1 aromatic heterocycles. The van der Waals surface area contributed by atoms with Crippen LogP contribution in [0.2, 0.25) is 5.02 Å². The van der Waals surface area contributed by atoms with E-state index in [1.807, 2.05) is 31.3 Å². The summed E-state index contributed by atoms with van der Waals surface area (Å²) in [5.41, 5.74) is 0.953. The van der Waals surface area contributed by atoms with Gasteiger partial charge in [-0.05, 0) is 25.0 Å². The van der Waals surface area contributed by atoms with Crippen molar-refractivity contribution in [3.8, 4) is 11.4 Å². The summed E-state index contributed by atoms with van der Waals surface area (Å²) in [7, 11) is 2.02. The zero-order chi connectivity index (χ0) is 11.8. The van der Waals surface area contributed by atoms with Crippen molar-refractivity contribution in [1.29, 1.82) is 0 Å². The van der Waals surface area contributed by atoms with Gasteiger partial charge in [0.2, 0.25) is 0 Å². The van der Waals surface area contributed by atoms with Gasteiger partial charge in [0, 0.05) is 18.5 Å². The van der Waals surface area contributed by atoms with Gasteiger partial charge in [0.05, 0.1) is 5.02 Å². The summed E-state index contributed by atoms with van der Waals surface area (Å²) in [5.74, 6) is 2.53. The molecular formula is C13H14ClN3. The second-order valence-corrected chi connectivity index (χ2v) is 4.96. The molecule has 1 aliphatic carbocycles. The molecule has 1 aromatic carbocycles. The molecule has 0 saturated heterocycles. The first kappa shape index (κ1) is 10.8. The van der Waals surface area contributed by atoms with Crippen molar-refractivity contribution in [3.05, 3.63) is 35.1 Å². The van der Waals surface area contributed by atoms with Crippen molar-refractivity contribution < 1.29 is 0 Å². The molecule has 0 N–H and O–H groups in total. The van der Waals surface area contributed by atoms with Gasteiger partial charge in [-0.3, -0.25) is 0 Å². The fourth-order valence-electron chi connectivity index (χ4n) is 2.24. The number of aromatic nitrogens is 3. The second-order valence-electron chi connectivity index (χ2n) is 4.55. The Morgan fingerprint density at radius 3 is 2.65 bits per heavy atom. The highest BCUT2D eigenvalue weighted by atomic mass is 35.5. The topological polar surface area (TPSA) is 30.7 Å². The van der Waals surface area contributed by atoms with Crippen LogP contribution in [0.3, 0.4) is 0 Å². The minimum absolute atomic E-state index is 0.587. The molecule has 3 nitrogen and oxygen atoms in total. The fourth-order valence-corrected chi connectivity index (χ4v) is 2.46. The van der Waals surface area contributed by atoms with Crippen LogP contribution in [-0.2, 0) is 7.05 Å². The first-order valence-corrected chi connectivity index (χ1v) is 6.29. The SMILES string of the molecule is Cn1c(-c2ccccc2Cl)nnc1C1CCC1. The van der Waals surface area contributed by atoms with Crippen LogP contribution in [0, 0.1) is 0 Å². The number of hydrogen-bond acceptors (Lipinski definition) is 2. The summed E-state index contributed by atoms with van der Waals surface area (Å²) >= 11 is 6.19. The lowest BCUT2D eigenvalue weighted by Crippen LogP contribution is -2.14. The van der Waals surface area contributed by atoms with E-state index < -0.39 is 0 Å². The molecule has 88 valence electrons. The summed E-state index contributed by atoms with van der Waals surface area (Å²) in [6.45, 7) is 0. The lowest BCUT2D eigenvalue weighted by molar-refractivity contribution is 0.392. The first-order chi connectivity index (χ1) is 8.27. The second kappa shape index (κ2) is 4.15. The number of halogens is 1. The summed E-state index contributed by atoms with van der Waals surface area (Å²) < 4.78 is 2.07. The molecule has 0 spiro atoms. The number of nitrogens with zero attached hydrogens (tertiary/aromatic N) is 3. The summed E-state index contributed by atoms with van der Waals surface area (Å²) in [6.07, 6.45) is 3.77.